The maximum atomic E-state index is 9.74. The van der Waals surface area contributed by atoms with Gasteiger partial charge in [-0.2, -0.15) is 0 Å². The van der Waals surface area contributed by atoms with Crippen LogP contribution in [0.15, 0.2) is 0 Å². The summed E-state index contributed by atoms with van der Waals surface area (Å²) in [6.45, 7) is 5.66. The van der Waals surface area contributed by atoms with Gasteiger partial charge in [-0.3, -0.25) is 0 Å². The van der Waals surface area contributed by atoms with Gasteiger partial charge in [-0.15, -0.1) is 0 Å². The normalized spacial score (nSPS) is 21.2. The van der Waals surface area contributed by atoms with Crippen molar-refractivity contribution < 1.29 is 14.6 Å². The van der Waals surface area contributed by atoms with E-state index in [4.69, 9.17) is 9.47 Å². The SMILES string of the molecule is COCC(C)OCC(O)CNC(C)CC1CC1. The van der Waals surface area contributed by atoms with Gasteiger partial charge < -0.3 is 19.9 Å². The fraction of sp³-hybridized carbons (Fsp3) is 1.00. The molecule has 102 valence electrons. The van der Waals surface area contributed by atoms with Crippen LogP contribution < -0.4 is 5.32 Å². The molecular weight excluding hydrogens is 218 g/mol. The molecule has 1 aliphatic carbocycles. The molecule has 0 aliphatic heterocycles. The summed E-state index contributed by atoms with van der Waals surface area (Å²) >= 11 is 0. The highest BCUT2D eigenvalue weighted by Crippen LogP contribution is 2.33. The van der Waals surface area contributed by atoms with Crippen LogP contribution >= 0.6 is 0 Å². The third-order valence-corrected chi connectivity index (χ3v) is 3.06. The van der Waals surface area contributed by atoms with E-state index in [9.17, 15) is 5.11 Å². The molecule has 3 unspecified atom stereocenters. The van der Waals surface area contributed by atoms with Crippen molar-refractivity contribution in [1.82, 2.24) is 5.32 Å². The van der Waals surface area contributed by atoms with Gasteiger partial charge in [0.2, 0.25) is 0 Å². The van der Waals surface area contributed by atoms with Crippen LogP contribution in [0.25, 0.3) is 0 Å². The smallest absolute Gasteiger partial charge is 0.0897 e. The highest BCUT2D eigenvalue weighted by Gasteiger charge is 2.23. The van der Waals surface area contributed by atoms with Crippen LogP contribution in [-0.2, 0) is 9.47 Å². The van der Waals surface area contributed by atoms with Gasteiger partial charge in [0.15, 0.2) is 0 Å². The largest absolute Gasteiger partial charge is 0.389 e. The number of nitrogens with one attached hydrogen (secondary N) is 1. The van der Waals surface area contributed by atoms with Crippen LogP contribution in [0.3, 0.4) is 0 Å². The van der Waals surface area contributed by atoms with Crippen molar-refractivity contribution in [2.45, 2.75) is 51.4 Å². The molecule has 17 heavy (non-hydrogen) atoms. The molecule has 0 heterocycles. The first-order chi connectivity index (χ1) is 8.11. The standard InChI is InChI=1S/C13H27NO3/c1-10(6-12-4-5-12)14-7-13(15)9-17-11(2)8-16-3/h10-15H,4-9H2,1-3H3. The Kier molecular flexibility index (Phi) is 7.04. The van der Waals surface area contributed by atoms with Crippen molar-refractivity contribution in [3.8, 4) is 0 Å². The molecule has 1 aliphatic rings. The molecule has 0 aromatic rings. The minimum Gasteiger partial charge on any atom is -0.389 e. The zero-order valence-electron chi connectivity index (χ0n) is 11.3. The average Bonchev–Trinajstić information content (AvgIpc) is 3.08. The zero-order valence-corrected chi connectivity index (χ0v) is 11.3. The number of aliphatic hydroxyl groups is 1. The molecule has 1 rings (SSSR count). The lowest BCUT2D eigenvalue weighted by Crippen LogP contribution is -2.37. The second kappa shape index (κ2) is 8.03. The van der Waals surface area contributed by atoms with Crippen molar-refractivity contribution in [3.05, 3.63) is 0 Å². The molecule has 0 aromatic heterocycles. The van der Waals surface area contributed by atoms with Gasteiger partial charge in [0.1, 0.15) is 0 Å². The first-order valence-corrected chi connectivity index (χ1v) is 6.63. The van der Waals surface area contributed by atoms with E-state index >= 15 is 0 Å². The van der Waals surface area contributed by atoms with E-state index in [0.717, 1.165) is 5.92 Å². The topological polar surface area (TPSA) is 50.7 Å². The van der Waals surface area contributed by atoms with E-state index < -0.39 is 6.10 Å². The van der Waals surface area contributed by atoms with Crippen molar-refractivity contribution in [2.75, 3.05) is 26.9 Å². The summed E-state index contributed by atoms with van der Waals surface area (Å²) < 4.78 is 10.4. The number of hydrogen-bond acceptors (Lipinski definition) is 4. The Morgan fingerprint density at radius 1 is 1.29 bits per heavy atom. The maximum absolute atomic E-state index is 9.74. The van der Waals surface area contributed by atoms with Crippen molar-refractivity contribution in [1.29, 1.82) is 0 Å². The summed E-state index contributed by atoms with van der Waals surface area (Å²) in [5.41, 5.74) is 0. The number of ether oxygens (including phenoxy) is 2. The predicted octanol–water partition coefficient (Wildman–Crippen LogP) is 1.18. The third-order valence-electron chi connectivity index (χ3n) is 3.06. The number of aliphatic hydroxyl groups excluding tert-OH is 1. The molecule has 4 heteroatoms. The summed E-state index contributed by atoms with van der Waals surface area (Å²) in [5.74, 6) is 0.924. The molecule has 0 saturated heterocycles. The van der Waals surface area contributed by atoms with Gasteiger partial charge in [0.25, 0.3) is 0 Å². The molecule has 1 fully saturated rings. The highest BCUT2D eigenvalue weighted by atomic mass is 16.5. The van der Waals surface area contributed by atoms with E-state index in [-0.39, 0.29) is 6.10 Å². The Bertz CT molecular complexity index is 197. The van der Waals surface area contributed by atoms with Gasteiger partial charge >= 0.3 is 0 Å². The van der Waals surface area contributed by atoms with Crippen LogP contribution in [0.5, 0.6) is 0 Å². The van der Waals surface area contributed by atoms with Gasteiger partial charge in [-0.05, 0) is 26.2 Å². The van der Waals surface area contributed by atoms with Crippen molar-refractivity contribution >= 4 is 0 Å². The maximum Gasteiger partial charge on any atom is 0.0897 e. The summed E-state index contributed by atoms with van der Waals surface area (Å²) in [7, 11) is 1.65. The fourth-order valence-electron chi connectivity index (χ4n) is 1.89. The summed E-state index contributed by atoms with van der Waals surface area (Å²) in [5, 5.41) is 13.1. The van der Waals surface area contributed by atoms with Crippen molar-refractivity contribution in [2.24, 2.45) is 5.92 Å². The Labute approximate surface area is 105 Å². The van der Waals surface area contributed by atoms with Crippen LogP contribution in [-0.4, -0.2) is 50.2 Å². The lowest BCUT2D eigenvalue weighted by Gasteiger charge is -2.19. The first-order valence-electron chi connectivity index (χ1n) is 6.63. The van der Waals surface area contributed by atoms with Crippen molar-refractivity contribution in [3.63, 3.8) is 0 Å². The molecule has 4 nitrogen and oxygen atoms in total. The Hall–Kier alpha value is -0.160. The molecule has 0 bridgehead atoms. The number of methoxy groups -OCH3 is 1. The van der Waals surface area contributed by atoms with E-state index in [2.05, 4.69) is 12.2 Å². The molecule has 0 radical (unpaired) electrons. The zero-order chi connectivity index (χ0) is 12.7. The molecular formula is C13H27NO3. The van der Waals surface area contributed by atoms with Gasteiger partial charge in [-0.1, -0.05) is 12.8 Å². The van der Waals surface area contributed by atoms with E-state index in [0.29, 0.717) is 25.8 Å². The third kappa shape index (κ3) is 7.71. The van der Waals surface area contributed by atoms with E-state index in [1.807, 2.05) is 6.92 Å². The van der Waals surface area contributed by atoms with E-state index in [1.54, 1.807) is 7.11 Å². The molecule has 1 saturated carbocycles. The summed E-state index contributed by atoms with van der Waals surface area (Å²) in [4.78, 5) is 0. The van der Waals surface area contributed by atoms with Gasteiger partial charge in [0.05, 0.1) is 25.4 Å². The van der Waals surface area contributed by atoms with Gasteiger partial charge in [0, 0.05) is 19.7 Å². The van der Waals surface area contributed by atoms with E-state index in [1.165, 1.54) is 19.3 Å². The van der Waals surface area contributed by atoms with Gasteiger partial charge in [-0.25, -0.2) is 0 Å². The minimum atomic E-state index is -0.434. The van der Waals surface area contributed by atoms with Crippen LogP contribution in [0, 0.1) is 5.92 Å². The second-order valence-electron chi connectivity index (χ2n) is 5.24. The summed E-state index contributed by atoms with van der Waals surface area (Å²) in [6, 6.07) is 0.494. The second-order valence-corrected chi connectivity index (χ2v) is 5.24. The molecule has 3 atom stereocenters. The number of rotatable bonds is 10. The Balaban J connectivity index is 1.97. The highest BCUT2D eigenvalue weighted by molar-refractivity contribution is 4.78. The number of hydrogen-bond donors (Lipinski definition) is 2. The molecule has 0 aromatic carbocycles. The lowest BCUT2D eigenvalue weighted by molar-refractivity contribution is -0.0315. The quantitative estimate of drug-likeness (QED) is 0.607. The Morgan fingerprint density at radius 2 is 2.00 bits per heavy atom. The Morgan fingerprint density at radius 3 is 2.59 bits per heavy atom. The predicted molar refractivity (Wildman–Crippen MR) is 68.1 cm³/mol. The lowest BCUT2D eigenvalue weighted by atomic mass is 10.1. The molecule has 0 amide bonds. The van der Waals surface area contributed by atoms with Crippen LogP contribution in [0.1, 0.15) is 33.1 Å². The van der Waals surface area contributed by atoms with Crippen LogP contribution in [0.2, 0.25) is 0 Å². The fourth-order valence-corrected chi connectivity index (χ4v) is 1.89. The monoisotopic (exact) mass is 245 g/mol. The minimum absolute atomic E-state index is 0.0403. The molecule has 2 N–H and O–H groups in total. The first kappa shape index (κ1) is 14.9. The molecule has 0 spiro atoms. The average molecular weight is 245 g/mol. The summed E-state index contributed by atoms with van der Waals surface area (Å²) in [6.07, 6.45) is 3.60. The van der Waals surface area contributed by atoms with Crippen LogP contribution in [0.4, 0.5) is 0 Å².